The molecule has 0 aromatic heterocycles. The molecule has 5 aromatic carbocycles. The number of nitrogens with one attached hydrogen (secondary N) is 1. The fraction of sp³-hybridized carbons (Fsp3) is 0.286. The van der Waals surface area contributed by atoms with Crippen LogP contribution < -0.4 is 10.1 Å². The smallest absolute Gasteiger partial charge is 0.191 e. The topological polar surface area (TPSA) is 58.6 Å². The number of hydrogen-bond acceptors (Lipinski definition) is 6. The molecule has 1 aliphatic rings. The summed E-state index contributed by atoms with van der Waals surface area (Å²) in [5, 5.41) is 3.47. The van der Waals surface area contributed by atoms with E-state index in [2.05, 4.69) is 134 Å². The molecule has 1 N–H and O–H groups in total. The van der Waals surface area contributed by atoms with Crippen molar-refractivity contribution >= 4 is 21.6 Å². The largest absolute Gasteiger partial charge is 0.492 e. The van der Waals surface area contributed by atoms with Gasteiger partial charge in [-0.25, -0.2) is 8.42 Å². The first-order valence-electron chi connectivity index (χ1n) is 17.0. The zero-order chi connectivity index (χ0) is 34.3. The summed E-state index contributed by atoms with van der Waals surface area (Å²) < 4.78 is 31.5. The molecular weight excluding hydrogens is 645 g/mol. The lowest BCUT2D eigenvalue weighted by Crippen LogP contribution is -2.47. The van der Waals surface area contributed by atoms with Gasteiger partial charge < -0.3 is 4.74 Å². The molecule has 1 saturated heterocycles. The molecule has 0 radical (unpaired) electrons. The van der Waals surface area contributed by atoms with E-state index in [0.29, 0.717) is 23.3 Å². The predicted molar refractivity (Wildman–Crippen MR) is 203 cm³/mol. The van der Waals surface area contributed by atoms with E-state index in [9.17, 15) is 8.42 Å². The zero-order valence-electron chi connectivity index (χ0n) is 28.6. The van der Waals surface area contributed by atoms with Crippen molar-refractivity contribution in [2.75, 3.05) is 31.4 Å². The normalized spacial score (nSPS) is 15.7. The number of nitrogens with zero attached hydrogens (tertiary/aromatic N) is 1. The van der Waals surface area contributed by atoms with Crippen molar-refractivity contribution in [1.29, 1.82) is 0 Å². The maximum absolute atomic E-state index is 12.8. The van der Waals surface area contributed by atoms with Crippen LogP contribution in [-0.4, -0.2) is 50.0 Å². The van der Waals surface area contributed by atoms with Crippen LogP contribution in [0.1, 0.15) is 48.6 Å². The van der Waals surface area contributed by atoms with Crippen molar-refractivity contribution in [1.82, 2.24) is 10.2 Å². The molecule has 49 heavy (non-hydrogen) atoms. The fourth-order valence-corrected chi connectivity index (χ4v) is 9.08. The first kappa shape index (κ1) is 35.0. The highest BCUT2D eigenvalue weighted by Crippen LogP contribution is 2.46. The molecule has 0 saturated carbocycles. The second-order valence-electron chi connectivity index (χ2n) is 13.7. The van der Waals surface area contributed by atoms with Gasteiger partial charge in [-0.2, -0.15) is 0 Å². The minimum absolute atomic E-state index is 0.0204. The number of thioether (sulfide) groups is 1. The Bertz CT molecular complexity index is 1780. The van der Waals surface area contributed by atoms with Gasteiger partial charge in [0, 0.05) is 24.2 Å². The molecule has 1 heterocycles. The van der Waals surface area contributed by atoms with Gasteiger partial charge in [-0.05, 0) is 63.9 Å². The molecule has 0 spiro atoms. The van der Waals surface area contributed by atoms with Crippen molar-refractivity contribution in [3.05, 3.63) is 167 Å². The molecule has 6 rings (SSSR count). The third kappa shape index (κ3) is 8.13. The van der Waals surface area contributed by atoms with Gasteiger partial charge in [0.15, 0.2) is 9.84 Å². The van der Waals surface area contributed by atoms with E-state index in [1.54, 1.807) is 12.1 Å². The van der Waals surface area contributed by atoms with Crippen LogP contribution in [-0.2, 0) is 27.2 Å². The van der Waals surface area contributed by atoms with Gasteiger partial charge in [0.2, 0.25) is 0 Å². The van der Waals surface area contributed by atoms with E-state index in [-0.39, 0.29) is 11.3 Å². The van der Waals surface area contributed by atoms with Crippen LogP contribution in [0.5, 0.6) is 5.75 Å². The molecule has 0 amide bonds. The number of sulfone groups is 1. The molecule has 254 valence electrons. The van der Waals surface area contributed by atoms with Crippen LogP contribution >= 0.6 is 11.8 Å². The molecule has 5 nitrogen and oxygen atoms in total. The van der Waals surface area contributed by atoms with Crippen molar-refractivity contribution in [2.24, 2.45) is 0 Å². The predicted octanol–water partition coefficient (Wildman–Crippen LogP) is 8.29. The number of benzene rings is 5. The van der Waals surface area contributed by atoms with E-state index in [0.717, 1.165) is 30.2 Å². The van der Waals surface area contributed by atoms with E-state index < -0.39 is 15.4 Å². The van der Waals surface area contributed by atoms with Crippen molar-refractivity contribution < 1.29 is 13.2 Å². The molecule has 1 unspecified atom stereocenters. The summed E-state index contributed by atoms with van der Waals surface area (Å²) in [5.74, 6) is 1.58. The molecular formula is C42H46N2O3S2. The highest BCUT2D eigenvalue weighted by molar-refractivity contribution is 8.00. The molecule has 1 atom stereocenters. The standard InChI is InChI=1S/C42H46N2O3S2/c1-41(2,3)34-21-25-40(26-22-34)49(45,46)31-43-27-28-47-38-23-19-33(20-24-38)29-39-30-44(32-48-39)42(35-13-7-4-8-14-35,36-15-9-5-10-16-36)37-17-11-6-12-18-37/h4-26,39,43H,27-32H2,1-3H3. The summed E-state index contributed by atoms with van der Waals surface area (Å²) in [6, 6.07) is 48.2. The van der Waals surface area contributed by atoms with Crippen molar-refractivity contribution in [2.45, 2.75) is 48.3 Å². The van der Waals surface area contributed by atoms with Crippen molar-refractivity contribution in [3.8, 4) is 5.75 Å². The van der Waals surface area contributed by atoms with Gasteiger partial charge in [0.25, 0.3) is 0 Å². The molecule has 7 heteroatoms. The SMILES string of the molecule is CC(C)(C)c1ccc(S(=O)(=O)CNCCOc2ccc(CC3CN(C(c4ccccc4)(c4ccccc4)c4ccccc4)CS3)cc2)cc1. The number of ether oxygens (including phenoxy) is 1. The third-order valence-corrected chi connectivity index (χ3v) is 12.1. The van der Waals surface area contributed by atoms with Crippen LogP contribution in [0.4, 0.5) is 0 Å². The molecule has 0 bridgehead atoms. The second-order valence-corrected chi connectivity index (χ2v) is 16.9. The Kier molecular flexibility index (Phi) is 10.9. The fourth-order valence-electron chi connectivity index (χ4n) is 6.67. The number of rotatable bonds is 13. The van der Waals surface area contributed by atoms with Gasteiger partial charge in [-0.1, -0.05) is 136 Å². The number of hydrogen-bond donors (Lipinski definition) is 1. The molecule has 1 aliphatic heterocycles. The van der Waals surface area contributed by atoms with Crippen LogP contribution in [0.2, 0.25) is 0 Å². The summed E-state index contributed by atoms with van der Waals surface area (Å²) >= 11 is 2.02. The average molecular weight is 691 g/mol. The Morgan fingerprint density at radius 2 is 1.24 bits per heavy atom. The maximum Gasteiger partial charge on any atom is 0.191 e. The van der Waals surface area contributed by atoms with Gasteiger partial charge in [0.1, 0.15) is 18.2 Å². The van der Waals surface area contributed by atoms with Crippen LogP contribution in [0.15, 0.2) is 144 Å². The van der Waals surface area contributed by atoms with Crippen LogP contribution in [0.25, 0.3) is 0 Å². The minimum atomic E-state index is -3.42. The summed E-state index contributed by atoms with van der Waals surface area (Å²) in [6.45, 7) is 8.11. The van der Waals surface area contributed by atoms with Gasteiger partial charge in [-0.3, -0.25) is 10.2 Å². The van der Waals surface area contributed by atoms with Gasteiger partial charge in [0.05, 0.1) is 10.4 Å². The quantitative estimate of drug-likeness (QED) is 0.0992. The highest BCUT2D eigenvalue weighted by atomic mass is 32.2. The lowest BCUT2D eigenvalue weighted by Gasteiger charge is -2.43. The maximum atomic E-state index is 12.8. The van der Waals surface area contributed by atoms with E-state index in [1.165, 1.54) is 22.3 Å². The Labute approximate surface area is 296 Å². The first-order chi connectivity index (χ1) is 23.7. The second kappa shape index (κ2) is 15.3. The monoisotopic (exact) mass is 690 g/mol. The van der Waals surface area contributed by atoms with E-state index in [4.69, 9.17) is 4.74 Å². The lowest BCUT2D eigenvalue weighted by atomic mass is 9.75. The Morgan fingerprint density at radius 3 is 1.76 bits per heavy atom. The van der Waals surface area contributed by atoms with Gasteiger partial charge >= 0.3 is 0 Å². The average Bonchev–Trinajstić information content (AvgIpc) is 3.58. The summed E-state index contributed by atoms with van der Waals surface area (Å²) in [7, 11) is -3.42. The lowest BCUT2D eigenvalue weighted by molar-refractivity contribution is 0.202. The molecule has 0 aliphatic carbocycles. The van der Waals surface area contributed by atoms with E-state index in [1.807, 2.05) is 36.0 Å². The molecule has 5 aromatic rings. The minimum Gasteiger partial charge on any atom is -0.492 e. The van der Waals surface area contributed by atoms with Gasteiger partial charge in [-0.15, -0.1) is 11.8 Å². The van der Waals surface area contributed by atoms with E-state index >= 15 is 0 Å². The Balaban J connectivity index is 1.05. The van der Waals surface area contributed by atoms with Crippen LogP contribution in [0, 0.1) is 0 Å². The summed E-state index contributed by atoms with van der Waals surface area (Å²) in [4.78, 5) is 2.98. The highest BCUT2D eigenvalue weighted by Gasteiger charge is 2.45. The third-order valence-electron chi connectivity index (χ3n) is 9.24. The van der Waals surface area contributed by atoms with Crippen LogP contribution in [0.3, 0.4) is 0 Å². The summed E-state index contributed by atoms with van der Waals surface area (Å²) in [6.07, 6.45) is 0.964. The molecule has 1 fully saturated rings. The van der Waals surface area contributed by atoms with Crippen molar-refractivity contribution in [3.63, 3.8) is 0 Å². The Hall–Kier alpha value is -3.88. The first-order valence-corrected chi connectivity index (χ1v) is 19.7. The zero-order valence-corrected chi connectivity index (χ0v) is 30.2. The summed E-state index contributed by atoms with van der Waals surface area (Å²) in [5.41, 5.74) is 5.80. The Morgan fingerprint density at radius 1 is 0.714 bits per heavy atom.